The van der Waals surface area contributed by atoms with Gasteiger partial charge in [0.15, 0.2) is 0 Å². The van der Waals surface area contributed by atoms with E-state index in [1.165, 1.54) is 0 Å². The molecule has 0 aromatic heterocycles. The van der Waals surface area contributed by atoms with Crippen LogP contribution in [-0.4, -0.2) is 28.7 Å². The van der Waals surface area contributed by atoms with Crippen molar-refractivity contribution in [3.8, 4) is 0 Å². The molecule has 0 radical (unpaired) electrons. The van der Waals surface area contributed by atoms with E-state index in [2.05, 4.69) is 4.99 Å². The number of aliphatic hydroxyl groups is 1. The average Bonchev–Trinajstić information content (AvgIpc) is 2.07. The molecule has 14 heavy (non-hydrogen) atoms. The third kappa shape index (κ3) is 3.58. The zero-order valence-corrected chi connectivity index (χ0v) is 8.99. The number of Topliss-reactive ketones (excluding diaryl/α,β-unsaturated/α-hetero) is 1. The molecule has 2 atom stereocenters. The van der Waals surface area contributed by atoms with E-state index in [1.54, 1.807) is 6.92 Å². The van der Waals surface area contributed by atoms with Gasteiger partial charge in [0, 0.05) is 12.1 Å². The van der Waals surface area contributed by atoms with E-state index in [9.17, 15) is 9.90 Å². The van der Waals surface area contributed by atoms with Gasteiger partial charge in [-0.2, -0.15) is 0 Å². The van der Waals surface area contributed by atoms with E-state index in [4.69, 9.17) is 0 Å². The van der Waals surface area contributed by atoms with Crippen LogP contribution in [0.4, 0.5) is 0 Å². The van der Waals surface area contributed by atoms with Crippen LogP contribution in [0.25, 0.3) is 0 Å². The molecular weight excluding hydrogens is 178 g/mol. The summed E-state index contributed by atoms with van der Waals surface area (Å²) in [7, 11) is 0. The Balaban J connectivity index is 2.51. The van der Waals surface area contributed by atoms with Crippen LogP contribution < -0.4 is 0 Å². The first-order valence-corrected chi connectivity index (χ1v) is 5.30. The number of hydrogen-bond donors (Lipinski definition) is 1. The minimum Gasteiger partial charge on any atom is -0.391 e. The van der Waals surface area contributed by atoms with Gasteiger partial charge in [0.2, 0.25) is 0 Å². The molecule has 3 nitrogen and oxygen atoms in total. The number of ketones is 1. The largest absolute Gasteiger partial charge is 0.391 e. The van der Waals surface area contributed by atoms with Crippen molar-refractivity contribution >= 4 is 11.5 Å². The predicted molar refractivity (Wildman–Crippen MR) is 56.7 cm³/mol. The van der Waals surface area contributed by atoms with Gasteiger partial charge in [0.25, 0.3) is 0 Å². The standard InChI is InChI=1S/C11H19NO2/c1-8(7-9(2)13)12-10-5-3-4-6-11(10)14/h10-11,14H,3-7H2,1-2H3. The highest BCUT2D eigenvalue weighted by atomic mass is 16.3. The van der Waals surface area contributed by atoms with Crippen molar-refractivity contribution in [2.75, 3.05) is 0 Å². The number of aliphatic imine (C=N–C) groups is 1. The van der Waals surface area contributed by atoms with E-state index < -0.39 is 0 Å². The zero-order valence-electron chi connectivity index (χ0n) is 8.99. The molecule has 80 valence electrons. The lowest BCUT2D eigenvalue weighted by molar-refractivity contribution is -0.115. The molecule has 0 heterocycles. The molecule has 1 saturated carbocycles. The first kappa shape index (κ1) is 11.4. The Hall–Kier alpha value is -0.700. The van der Waals surface area contributed by atoms with Gasteiger partial charge in [-0.15, -0.1) is 0 Å². The first-order valence-electron chi connectivity index (χ1n) is 5.30. The average molecular weight is 197 g/mol. The minimum absolute atomic E-state index is 0.0306. The molecule has 1 aliphatic carbocycles. The first-order chi connectivity index (χ1) is 6.59. The van der Waals surface area contributed by atoms with E-state index in [1.807, 2.05) is 6.92 Å². The van der Waals surface area contributed by atoms with Crippen molar-refractivity contribution in [1.29, 1.82) is 0 Å². The Bertz CT molecular complexity index is 235. The maximum absolute atomic E-state index is 10.8. The van der Waals surface area contributed by atoms with Gasteiger partial charge in [-0.1, -0.05) is 12.8 Å². The number of carbonyl (C=O) groups excluding carboxylic acids is 1. The summed E-state index contributed by atoms with van der Waals surface area (Å²) in [6.07, 6.45) is 4.16. The van der Waals surface area contributed by atoms with Crippen LogP contribution in [0.15, 0.2) is 4.99 Å². The van der Waals surface area contributed by atoms with Crippen LogP contribution in [0.1, 0.15) is 46.0 Å². The third-order valence-electron chi connectivity index (χ3n) is 2.58. The second-order valence-corrected chi connectivity index (χ2v) is 4.16. The quantitative estimate of drug-likeness (QED) is 0.700. The van der Waals surface area contributed by atoms with Gasteiger partial charge in [-0.25, -0.2) is 0 Å². The van der Waals surface area contributed by atoms with E-state index in [0.29, 0.717) is 6.42 Å². The number of carbonyl (C=O) groups is 1. The van der Waals surface area contributed by atoms with Gasteiger partial charge < -0.3 is 5.11 Å². The minimum atomic E-state index is -0.300. The molecule has 1 aliphatic rings. The smallest absolute Gasteiger partial charge is 0.135 e. The highest BCUT2D eigenvalue weighted by Crippen LogP contribution is 2.21. The lowest BCUT2D eigenvalue weighted by Crippen LogP contribution is -2.29. The Labute approximate surface area is 85.2 Å². The van der Waals surface area contributed by atoms with Crippen LogP contribution in [0.2, 0.25) is 0 Å². The Kier molecular flexibility index (Phi) is 4.26. The molecule has 0 aromatic rings. The lowest BCUT2D eigenvalue weighted by Gasteiger charge is -2.24. The highest BCUT2D eigenvalue weighted by molar-refractivity contribution is 5.99. The fraction of sp³-hybridized carbons (Fsp3) is 0.818. The maximum atomic E-state index is 10.8. The number of hydrogen-bond acceptors (Lipinski definition) is 3. The molecule has 1 rings (SSSR count). The normalized spacial score (nSPS) is 28.9. The van der Waals surface area contributed by atoms with E-state index in [-0.39, 0.29) is 17.9 Å². The molecule has 0 aliphatic heterocycles. The van der Waals surface area contributed by atoms with E-state index in [0.717, 1.165) is 31.4 Å². The number of nitrogens with zero attached hydrogens (tertiary/aromatic N) is 1. The second-order valence-electron chi connectivity index (χ2n) is 4.16. The molecule has 0 amide bonds. The molecule has 0 saturated heterocycles. The fourth-order valence-corrected chi connectivity index (χ4v) is 1.93. The van der Waals surface area contributed by atoms with Gasteiger partial charge in [0.1, 0.15) is 5.78 Å². The van der Waals surface area contributed by atoms with Crippen molar-refractivity contribution in [2.24, 2.45) is 4.99 Å². The molecule has 1 fully saturated rings. The Morgan fingerprint density at radius 1 is 1.36 bits per heavy atom. The van der Waals surface area contributed by atoms with Crippen LogP contribution in [0, 0.1) is 0 Å². The topological polar surface area (TPSA) is 49.7 Å². The van der Waals surface area contributed by atoms with Crippen molar-refractivity contribution in [3.63, 3.8) is 0 Å². The summed E-state index contributed by atoms with van der Waals surface area (Å²) < 4.78 is 0. The zero-order chi connectivity index (χ0) is 10.6. The summed E-state index contributed by atoms with van der Waals surface area (Å²) in [6, 6.07) is 0.0306. The Morgan fingerprint density at radius 2 is 2.00 bits per heavy atom. The maximum Gasteiger partial charge on any atom is 0.135 e. The summed E-state index contributed by atoms with van der Waals surface area (Å²) in [4.78, 5) is 15.2. The van der Waals surface area contributed by atoms with Gasteiger partial charge in [-0.05, 0) is 26.7 Å². The molecular formula is C11H19NO2. The van der Waals surface area contributed by atoms with Crippen molar-refractivity contribution in [3.05, 3.63) is 0 Å². The van der Waals surface area contributed by atoms with Crippen LogP contribution in [0.5, 0.6) is 0 Å². The summed E-state index contributed by atoms with van der Waals surface area (Å²) in [6.45, 7) is 3.43. The fourth-order valence-electron chi connectivity index (χ4n) is 1.93. The van der Waals surface area contributed by atoms with Crippen molar-refractivity contribution in [2.45, 2.75) is 58.1 Å². The summed E-state index contributed by atoms with van der Waals surface area (Å²) >= 11 is 0. The summed E-state index contributed by atoms with van der Waals surface area (Å²) in [5.74, 6) is 0.136. The predicted octanol–water partition coefficient (Wildman–Crippen LogP) is 1.73. The molecule has 2 unspecified atom stereocenters. The van der Waals surface area contributed by atoms with Gasteiger partial charge in [-0.3, -0.25) is 9.79 Å². The lowest BCUT2D eigenvalue weighted by atomic mass is 9.93. The van der Waals surface area contributed by atoms with E-state index >= 15 is 0 Å². The molecule has 1 N–H and O–H groups in total. The van der Waals surface area contributed by atoms with Crippen LogP contribution >= 0.6 is 0 Å². The third-order valence-corrected chi connectivity index (χ3v) is 2.58. The molecule has 3 heteroatoms. The SMILES string of the molecule is CC(=O)CC(C)=NC1CCCCC1O. The highest BCUT2D eigenvalue weighted by Gasteiger charge is 2.22. The monoisotopic (exact) mass is 197 g/mol. The van der Waals surface area contributed by atoms with Crippen molar-refractivity contribution < 1.29 is 9.90 Å². The van der Waals surface area contributed by atoms with Gasteiger partial charge in [0.05, 0.1) is 12.1 Å². The molecule has 0 spiro atoms. The van der Waals surface area contributed by atoms with Crippen LogP contribution in [0.3, 0.4) is 0 Å². The summed E-state index contributed by atoms with van der Waals surface area (Å²) in [5, 5.41) is 9.66. The second kappa shape index (κ2) is 5.25. The molecule has 0 bridgehead atoms. The van der Waals surface area contributed by atoms with Crippen molar-refractivity contribution in [1.82, 2.24) is 0 Å². The molecule has 0 aromatic carbocycles. The number of rotatable bonds is 3. The summed E-state index contributed by atoms with van der Waals surface area (Å²) in [5.41, 5.74) is 0.850. The number of aliphatic hydroxyl groups excluding tert-OH is 1. The van der Waals surface area contributed by atoms with Gasteiger partial charge >= 0.3 is 0 Å². The Morgan fingerprint density at radius 3 is 2.57 bits per heavy atom. The van der Waals surface area contributed by atoms with Crippen LogP contribution in [-0.2, 0) is 4.79 Å².